The van der Waals surface area contributed by atoms with Gasteiger partial charge in [0.05, 0.1) is 17.8 Å². The number of rotatable bonds is 6. The van der Waals surface area contributed by atoms with E-state index >= 15 is 0 Å². The molecule has 0 unspecified atom stereocenters. The van der Waals surface area contributed by atoms with Crippen LogP contribution in [-0.2, 0) is 0 Å². The highest BCUT2D eigenvalue weighted by Crippen LogP contribution is 2.23. The van der Waals surface area contributed by atoms with Gasteiger partial charge in [0.1, 0.15) is 5.75 Å². The van der Waals surface area contributed by atoms with Gasteiger partial charge in [0.25, 0.3) is 5.91 Å². The molecular weight excluding hydrogens is 366 g/mol. The number of nitrogens with one attached hydrogen (secondary N) is 2. The predicted octanol–water partition coefficient (Wildman–Crippen LogP) is 4.42. The minimum atomic E-state index is -0.333. The molecule has 4 rings (SSSR count). The molecule has 4 aromatic rings. The monoisotopic (exact) mass is 385 g/mol. The van der Waals surface area contributed by atoms with Gasteiger partial charge in [-0.05, 0) is 55.5 Å². The third-order valence-electron chi connectivity index (χ3n) is 4.22. The second kappa shape index (κ2) is 8.35. The fraction of sp³-hybridized carbons (Fsp3) is 0.0909. The highest BCUT2D eigenvalue weighted by atomic mass is 16.5. The largest absolute Gasteiger partial charge is 0.494 e. The van der Waals surface area contributed by atoms with E-state index in [0.717, 1.165) is 22.3 Å². The lowest BCUT2D eigenvalue weighted by Gasteiger charge is -2.09. The standard InChI is InChI=1S/C22H19N5O2/c1-2-29-17-10-8-16(9-11-17)24-22(28)19-12-13-20(27-26-19)25-18-7-3-5-15-6-4-14-23-21(15)18/h3-14H,2H2,1H3,(H,24,28)(H,25,27). The summed E-state index contributed by atoms with van der Waals surface area (Å²) in [6.07, 6.45) is 1.74. The lowest BCUT2D eigenvalue weighted by molar-refractivity contribution is 0.102. The summed E-state index contributed by atoms with van der Waals surface area (Å²) in [6.45, 7) is 2.51. The van der Waals surface area contributed by atoms with Gasteiger partial charge in [-0.15, -0.1) is 10.2 Å². The first kappa shape index (κ1) is 18.4. The van der Waals surface area contributed by atoms with Gasteiger partial charge < -0.3 is 15.4 Å². The molecule has 7 nitrogen and oxygen atoms in total. The van der Waals surface area contributed by atoms with Crippen LogP contribution in [0.25, 0.3) is 10.9 Å². The Bertz CT molecular complexity index is 1120. The van der Waals surface area contributed by atoms with Crippen LogP contribution in [0.1, 0.15) is 17.4 Å². The Hall–Kier alpha value is -4.00. The van der Waals surface area contributed by atoms with Crippen LogP contribution in [0, 0.1) is 0 Å². The molecule has 0 atom stereocenters. The first-order valence-corrected chi connectivity index (χ1v) is 9.21. The molecule has 29 heavy (non-hydrogen) atoms. The van der Waals surface area contributed by atoms with Crippen LogP contribution in [-0.4, -0.2) is 27.7 Å². The average Bonchev–Trinajstić information content (AvgIpc) is 2.76. The number of aromatic nitrogens is 3. The zero-order valence-electron chi connectivity index (χ0n) is 15.8. The van der Waals surface area contributed by atoms with E-state index < -0.39 is 0 Å². The highest BCUT2D eigenvalue weighted by molar-refractivity contribution is 6.02. The number of carbonyl (C=O) groups excluding carboxylic acids is 1. The first-order chi connectivity index (χ1) is 14.2. The summed E-state index contributed by atoms with van der Waals surface area (Å²) >= 11 is 0. The van der Waals surface area contributed by atoms with E-state index in [1.165, 1.54) is 0 Å². The van der Waals surface area contributed by atoms with Crippen molar-refractivity contribution in [3.05, 3.63) is 78.6 Å². The molecule has 0 fully saturated rings. The van der Waals surface area contributed by atoms with Crippen molar-refractivity contribution in [2.45, 2.75) is 6.92 Å². The zero-order chi connectivity index (χ0) is 20.1. The molecule has 1 amide bonds. The molecule has 0 aliphatic carbocycles. The summed E-state index contributed by atoms with van der Waals surface area (Å²) < 4.78 is 5.39. The van der Waals surface area contributed by atoms with Gasteiger partial charge in [-0.1, -0.05) is 18.2 Å². The maximum atomic E-state index is 12.4. The van der Waals surface area contributed by atoms with Gasteiger partial charge in [0, 0.05) is 17.3 Å². The predicted molar refractivity (Wildman–Crippen MR) is 113 cm³/mol. The Morgan fingerprint density at radius 2 is 1.79 bits per heavy atom. The topological polar surface area (TPSA) is 89.0 Å². The number of hydrogen-bond acceptors (Lipinski definition) is 6. The molecule has 0 aliphatic heterocycles. The Morgan fingerprint density at radius 1 is 0.966 bits per heavy atom. The van der Waals surface area contributed by atoms with E-state index in [4.69, 9.17) is 4.74 Å². The van der Waals surface area contributed by atoms with Gasteiger partial charge in [0.2, 0.25) is 0 Å². The van der Waals surface area contributed by atoms with Crippen molar-refractivity contribution in [1.82, 2.24) is 15.2 Å². The summed E-state index contributed by atoms with van der Waals surface area (Å²) in [4.78, 5) is 16.8. The number of pyridine rings is 1. The number of para-hydroxylation sites is 1. The van der Waals surface area contributed by atoms with Gasteiger partial charge in [-0.25, -0.2) is 0 Å². The first-order valence-electron chi connectivity index (χ1n) is 9.21. The Balaban J connectivity index is 1.45. The van der Waals surface area contributed by atoms with Crippen molar-refractivity contribution < 1.29 is 9.53 Å². The Kier molecular flexibility index (Phi) is 5.29. The molecule has 2 aromatic heterocycles. The average molecular weight is 385 g/mol. The molecule has 2 N–H and O–H groups in total. The van der Waals surface area contributed by atoms with Gasteiger partial charge in [-0.2, -0.15) is 0 Å². The van der Waals surface area contributed by atoms with Crippen molar-refractivity contribution in [2.75, 3.05) is 17.2 Å². The third-order valence-corrected chi connectivity index (χ3v) is 4.22. The minimum absolute atomic E-state index is 0.223. The van der Waals surface area contributed by atoms with Crippen molar-refractivity contribution in [2.24, 2.45) is 0 Å². The number of hydrogen-bond donors (Lipinski definition) is 2. The molecule has 0 radical (unpaired) electrons. The molecule has 0 aliphatic rings. The zero-order valence-corrected chi connectivity index (χ0v) is 15.8. The van der Waals surface area contributed by atoms with E-state index in [0.29, 0.717) is 18.1 Å². The van der Waals surface area contributed by atoms with Crippen LogP contribution < -0.4 is 15.4 Å². The summed E-state index contributed by atoms with van der Waals surface area (Å²) in [6, 6.07) is 20.2. The van der Waals surface area contributed by atoms with Gasteiger partial charge in [-0.3, -0.25) is 9.78 Å². The van der Waals surface area contributed by atoms with Crippen molar-refractivity contribution in [3.63, 3.8) is 0 Å². The molecule has 0 saturated carbocycles. The number of carbonyl (C=O) groups is 1. The van der Waals surface area contributed by atoms with Crippen LogP contribution in [0.3, 0.4) is 0 Å². The quantitative estimate of drug-likeness (QED) is 0.511. The molecule has 144 valence electrons. The van der Waals surface area contributed by atoms with Crippen LogP contribution in [0.5, 0.6) is 5.75 Å². The highest BCUT2D eigenvalue weighted by Gasteiger charge is 2.10. The van der Waals surface area contributed by atoms with Crippen LogP contribution >= 0.6 is 0 Å². The van der Waals surface area contributed by atoms with Crippen molar-refractivity contribution >= 4 is 34.0 Å². The molecule has 0 saturated heterocycles. The molecule has 2 heterocycles. The third kappa shape index (κ3) is 4.30. The van der Waals surface area contributed by atoms with Gasteiger partial charge in [0.15, 0.2) is 11.5 Å². The smallest absolute Gasteiger partial charge is 0.276 e. The lowest BCUT2D eigenvalue weighted by atomic mass is 10.2. The maximum absolute atomic E-state index is 12.4. The lowest BCUT2D eigenvalue weighted by Crippen LogP contribution is -2.14. The molecule has 0 spiro atoms. The van der Waals surface area contributed by atoms with Crippen molar-refractivity contribution in [3.8, 4) is 5.75 Å². The SMILES string of the molecule is CCOc1ccc(NC(=O)c2ccc(Nc3cccc4cccnc34)nn2)cc1. The Morgan fingerprint density at radius 3 is 2.55 bits per heavy atom. The minimum Gasteiger partial charge on any atom is -0.494 e. The number of anilines is 3. The van der Waals surface area contributed by atoms with Crippen LogP contribution in [0.4, 0.5) is 17.2 Å². The summed E-state index contributed by atoms with van der Waals surface area (Å²) in [7, 11) is 0. The number of ether oxygens (including phenoxy) is 1. The van der Waals surface area contributed by atoms with E-state index in [9.17, 15) is 4.79 Å². The number of amides is 1. The fourth-order valence-corrected chi connectivity index (χ4v) is 2.86. The fourth-order valence-electron chi connectivity index (χ4n) is 2.86. The molecular formula is C22H19N5O2. The second-order valence-corrected chi connectivity index (χ2v) is 6.22. The summed E-state index contributed by atoms with van der Waals surface area (Å²) in [5.74, 6) is 0.949. The molecule has 7 heteroatoms. The van der Waals surface area contributed by atoms with E-state index in [1.807, 2.05) is 37.3 Å². The Labute approximate surface area is 167 Å². The van der Waals surface area contributed by atoms with Crippen molar-refractivity contribution in [1.29, 1.82) is 0 Å². The van der Waals surface area contributed by atoms with E-state index in [1.54, 1.807) is 42.6 Å². The summed E-state index contributed by atoms with van der Waals surface area (Å²) in [5.41, 5.74) is 2.54. The van der Waals surface area contributed by atoms with E-state index in [-0.39, 0.29) is 11.6 Å². The van der Waals surface area contributed by atoms with Gasteiger partial charge >= 0.3 is 0 Å². The number of fused-ring (bicyclic) bond motifs is 1. The van der Waals surface area contributed by atoms with Crippen LogP contribution in [0.2, 0.25) is 0 Å². The van der Waals surface area contributed by atoms with E-state index in [2.05, 4.69) is 25.8 Å². The maximum Gasteiger partial charge on any atom is 0.276 e. The van der Waals surface area contributed by atoms with Crippen LogP contribution in [0.15, 0.2) is 72.9 Å². The second-order valence-electron chi connectivity index (χ2n) is 6.22. The normalized spacial score (nSPS) is 10.5. The summed E-state index contributed by atoms with van der Waals surface area (Å²) in [5, 5.41) is 15.2. The molecule has 2 aromatic carbocycles. The number of nitrogens with zero attached hydrogens (tertiary/aromatic N) is 3. The molecule has 0 bridgehead atoms. The number of benzene rings is 2.